The average molecular weight is 279 g/mol. The van der Waals surface area contributed by atoms with Crippen LogP contribution >= 0.6 is 0 Å². The summed E-state index contributed by atoms with van der Waals surface area (Å²) in [4.78, 5) is 0. The van der Waals surface area contributed by atoms with E-state index in [0.29, 0.717) is 5.56 Å². The van der Waals surface area contributed by atoms with Crippen LogP contribution in [0.5, 0.6) is 0 Å². The molecule has 0 amide bonds. The Bertz CT molecular complexity index is 590. The molecular formula is C16H16F3N. The second-order valence-corrected chi connectivity index (χ2v) is 4.87. The molecule has 2 aromatic carbocycles. The predicted octanol–water partition coefficient (Wildman–Crippen LogP) is 4.09. The largest absolute Gasteiger partial charge is 0.403 e. The van der Waals surface area contributed by atoms with Crippen LogP contribution in [0, 0.1) is 6.92 Å². The summed E-state index contributed by atoms with van der Waals surface area (Å²) in [6.07, 6.45) is -4.57. The fourth-order valence-corrected chi connectivity index (χ4v) is 2.13. The molecule has 0 fully saturated rings. The van der Waals surface area contributed by atoms with E-state index < -0.39 is 12.2 Å². The van der Waals surface area contributed by atoms with Crippen molar-refractivity contribution in [1.29, 1.82) is 0 Å². The molecule has 0 aliphatic rings. The number of hydrogen-bond donors (Lipinski definition) is 1. The van der Waals surface area contributed by atoms with Crippen LogP contribution in [0.1, 0.15) is 11.1 Å². The van der Waals surface area contributed by atoms with Crippen LogP contribution in [-0.2, 0) is 6.42 Å². The predicted molar refractivity (Wildman–Crippen MR) is 74.3 cm³/mol. The fraction of sp³-hybridized carbons (Fsp3) is 0.250. The maximum atomic E-state index is 12.5. The first kappa shape index (κ1) is 14.6. The molecule has 1 nitrogen and oxygen atoms in total. The van der Waals surface area contributed by atoms with Crippen LogP contribution in [0.15, 0.2) is 48.5 Å². The molecule has 2 rings (SSSR count). The van der Waals surface area contributed by atoms with Gasteiger partial charge in [0.25, 0.3) is 0 Å². The number of nitrogens with two attached hydrogens (primary N) is 1. The SMILES string of the molecule is Cc1ccccc1-c1cccc(CC(N)C(F)(F)F)c1. The summed E-state index contributed by atoms with van der Waals surface area (Å²) in [5.41, 5.74) is 8.79. The lowest BCUT2D eigenvalue weighted by atomic mass is 9.97. The Hall–Kier alpha value is -1.81. The van der Waals surface area contributed by atoms with E-state index in [4.69, 9.17) is 5.73 Å². The van der Waals surface area contributed by atoms with Crippen LogP contribution in [0.3, 0.4) is 0 Å². The molecule has 2 N–H and O–H groups in total. The summed E-state index contributed by atoms with van der Waals surface area (Å²) >= 11 is 0. The van der Waals surface area contributed by atoms with Crippen molar-refractivity contribution in [1.82, 2.24) is 0 Å². The topological polar surface area (TPSA) is 26.0 Å². The first-order valence-corrected chi connectivity index (χ1v) is 6.35. The first-order chi connectivity index (χ1) is 9.38. The van der Waals surface area contributed by atoms with Crippen molar-refractivity contribution in [2.24, 2.45) is 5.73 Å². The summed E-state index contributed by atoms with van der Waals surface area (Å²) in [5.74, 6) is 0. The molecule has 0 aliphatic heterocycles. The van der Waals surface area contributed by atoms with Crippen molar-refractivity contribution in [2.75, 3.05) is 0 Å². The molecule has 1 atom stereocenters. The molecule has 0 saturated carbocycles. The molecule has 1 unspecified atom stereocenters. The monoisotopic (exact) mass is 279 g/mol. The van der Waals surface area contributed by atoms with Gasteiger partial charge in [0.2, 0.25) is 0 Å². The highest BCUT2D eigenvalue weighted by Gasteiger charge is 2.36. The Morgan fingerprint density at radius 1 is 1.05 bits per heavy atom. The van der Waals surface area contributed by atoms with Gasteiger partial charge in [-0.25, -0.2) is 0 Å². The first-order valence-electron chi connectivity index (χ1n) is 6.35. The number of hydrogen-bond acceptors (Lipinski definition) is 1. The maximum Gasteiger partial charge on any atom is 0.403 e. The molecule has 0 spiro atoms. The third-order valence-corrected chi connectivity index (χ3v) is 3.26. The summed E-state index contributed by atoms with van der Waals surface area (Å²) in [7, 11) is 0. The molecule has 20 heavy (non-hydrogen) atoms. The van der Waals surface area contributed by atoms with Gasteiger partial charge in [-0.1, -0.05) is 48.5 Å². The summed E-state index contributed by atoms with van der Waals surface area (Å²) in [6, 6.07) is 13.1. The smallest absolute Gasteiger partial charge is 0.320 e. The van der Waals surface area contributed by atoms with E-state index in [2.05, 4.69) is 0 Å². The average Bonchev–Trinajstić information content (AvgIpc) is 2.38. The molecule has 0 heterocycles. The van der Waals surface area contributed by atoms with Gasteiger partial charge >= 0.3 is 6.18 Å². The van der Waals surface area contributed by atoms with Gasteiger partial charge < -0.3 is 5.73 Å². The third kappa shape index (κ3) is 3.39. The number of rotatable bonds is 3. The minimum absolute atomic E-state index is 0.205. The number of halogens is 3. The van der Waals surface area contributed by atoms with Gasteiger partial charge in [0.1, 0.15) is 6.04 Å². The van der Waals surface area contributed by atoms with Crippen molar-refractivity contribution in [3.63, 3.8) is 0 Å². The Labute approximate surface area is 116 Å². The number of alkyl halides is 3. The van der Waals surface area contributed by atoms with Crippen LogP contribution in [0.2, 0.25) is 0 Å². The maximum absolute atomic E-state index is 12.5. The molecule has 4 heteroatoms. The third-order valence-electron chi connectivity index (χ3n) is 3.26. The standard InChI is InChI=1S/C16H16F3N/c1-11-5-2-3-8-14(11)13-7-4-6-12(9-13)10-15(20)16(17,18)19/h2-9,15H,10,20H2,1H3. The minimum Gasteiger partial charge on any atom is -0.320 e. The van der Waals surface area contributed by atoms with Gasteiger partial charge in [0.15, 0.2) is 0 Å². The van der Waals surface area contributed by atoms with E-state index >= 15 is 0 Å². The van der Waals surface area contributed by atoms with E-state index in [1.54, 1.807) is 18.2 Å². The zero-order valence-corrected chi connectivity index (χ0v) is 11.1. The van der Waals surface area contributed by atoms with Crippen molar-refractivity contribution >= 4 is 0 Å². The summed E-state index contributed by atoms with van der Waals surface area (Å²) in [5, 5.41) is 0. The van der Waals surface area contributed by atoms with Crippen LogP contribution < -0.4 is 5.73 Å². The van der Waals surface area contributed by atoms with Crippen LogP contribution in [0.25, 0.3) is 11.1 Å². The molecule has 2 aromatic rings. The minimum atomic E-state index is -4.36. The fourth-order valence-electron chi connectivity index (χ4n) is 2.13. The van der Waals surface area contributed by atoms with E-state index in [9.17, 15) is 13.2 Å². The van der Waals surface area contributed by atoms with Gasteiger partial charge in [-0.3, -0.25) is 0 Å². The lowest BCUT2D eigenvalue weighted by Gasteiger charge is -2.16. The van der Waals surface area contributed by atoms with Crippen molar-refractivity contribution in [2.45, 2.75) is 25.6 Å². The van der Waals surface area contributed by atoms with E-state index in [0.717, 1.165) is 16.7 Å². The van der Waals surface area contributed by atoms with Crippen molar-refractivity contribution < 1.29 is 13.2 Å². The van der Waals surface area contributed by atoms with Crippen molar-refractivity contribution in [3.8, 4) is 11.1 Å². The van der Waals surface area contributed by atoms with E-state index in [1.807, 2.05) is 37.3 Å². The zero-order valence-electron chi connectivity index (χ0n) is 11.1. The van der Waals surface area contributed by atoms with Gasteiger partial charge in [-0.2, -0.15) is 13.2 Å². The highest BCUT2D eigenvalue weighted by Crippen LogP contribution is 2.26. The quantitative estimate of drug-likeness (QED) is 0.899. The van der Waals surface area contributed by atoms with Gasteiger partial charge in [0, 0.05) is 0 Å². The molecule has 0 bridgehead atoms. The molecule has 106 valence electrons. The Morgan fingerprint density at radius 2 is 1.75 bits per heavy atom. The summed E-state index contributed by atoms with van der Waals surface area (Å²) < 4.78 is 37.5. The zero-order chi connectivity index (χ0) is 14.8. The van der Waals surface area contributed by atoms with Gasteiger partial charge in [-0.15, -0.1) is 0 Å². The van der Waals surface area contributed by atoms with Gasteiger partial charge in [0.05, 0.1) is 0 Å². The highest BCUT2D eigenvalue weighted by atomic mass is 19.4. The highest BCUT2D eigenvalue weighted by molar-refractivity contribution is 5.67. The van der Waals surface area contributed by atoms with E-state index in [-0.39, 0.29) is 6.42 Å². The number of benzene rings is 2. The lowest BCUT2D eigenvalue weighted by Crippen LogP contribution is -2.39. The molecule has 0 saturated heterocycles. The second-order valence-electron chi connectivity index (χ2n) is 4.87. The number of aryl methyl sites for hydroxylation is 1. The lowest BCUT2D eigenvalue weighted by molar-refractivity contribution is -0.147. The summed E-state index contributed by atoms with van der Waals surface area (Å²) in [6.45, 7) is 1.98. The Kier molecular flexibility index (Phi) is 4.14. The van der Waals surface area contributed by atoms with Crippen LogP contribution in [0.4, 0.5) is 13.2 Å². The Morgan fingerprint density at radius 3 is 2.40 bits per heavy atom. The van der Waals surface area contributed by atoms with Crippen molar-refractivity contribution in [3.05, 3.63) is 59.7 Å². The molecular weight excluding hydrogens is 263 g/mol. The van der Waals surface area contributed by atoms with Gasteiger partial charge in [-0.05, 0) is 35.6 Å². The normalized spacial score (nSPS) is 13.2. The molecule has 0 aliphatic carbocycles. The molecule has 0 radical (unpaired) electrons. The van der Waals surface area contributed by atoms with E-state index in [1.165, 1.54) is 0 Å². The second kappa shape index (κ2) is 5.67. The Balaban J connectivity index is 2.27. The van der Waals surface area contributed by atoms with Crippen LogP contribution in [-0.4, -0.2) is 12.2 Å². The molecule has 0 aromatic heterocycles.